The van der Waals surface area contributed by atoms with Crippen molar-refractivity contribution in [1.29, 1.82) is 0 Å². The Labute approximate surface area is 158 Å². The van der Waals surface area contributed by atoms with Gasteiger partial charge in [0.05, 0.1) is 11.1 Å². The van der Waals surface area contributed by atoms with Crippen LogP contribution in [0, 0.1) is 5.82 Å². The van der Waals surface area contributed by atoms with E-state index < -0.39 is 23.5 Å². The lowest BCUT2D eigenvalue weighted by molar-refractivity contribution is 0.0878. The number of hydrogen-bond donors (Lipinski definition) is 2. The highest BCUT2D eigenvalue weighted by molar-refractivity contribution is 6.21. The van der Waals surface area contributed by atoms with E-state index in [-0.39, 0.29) is 11.1 Å². The summed E-state index contributed by atoms with van der Waals surface area (Å²) in [5.41, 5.74) is 1.31. The van der Waals surface area contributed by atoms with Gasteiger partial charge in [0.2, 0.25) is 0 Å². The number of fused-ring (bicyclic) bond motifs is 1. The van der Waals surface area contributed by atoms with Crippen molar-refractivity contribution in [3.8, 4) is 11.5 Å². The molecule has 0 fully saturated rings. The number of amides is 3. The van der Waals surface area contributed by atoms with E-state index in [1.54, 1.807) is 30.3 Å². The number of rotatable bonds is 4. The summed E-state index contributed by atoms with van der Waals surface area (Å²) in [6.07, 6.45) is 0. The van der Waals surface area contributed by atoms with E-state index in [9.17, 15) is 18.8 Å². The second-order valence-corrected chi connectivity index (χ2v) is 6.08. The Morgan fingerprint density at radius 2 is 1.57 bits per heavy atom. The van der Waals surface area contributed by atoms with Gasteiger partial charge in [-0.2, -0.15) is 0 Å². The maximum Gasteiger partial charge on any atom is 0.259 e. The van der Waals surface area contributed by atoms with Gasteiger partial charge in [0.15, 0.2) is 0 Å². The quantitative estimate of drug-likeness (QED) is 0.679. The number of nitrogens with one attached hydrogen (secondary N) is 2. The molecule has 0 spiro atoms. The van der Waals surface area contributed by atoms with E-state index in [2.05, 4.69) is 10.6 Å². The number of carbonyl (C=O) groups excluding carboxylic acids is 3. The lowest BCUT2D eigenvalue weighted by Gasteiger charge is -2.09. The Balaban J connectivity index is 1.45. The first-order valence-corrected chi connectivity index (χ1v) is 8.34. The largest absolute Gasteiger partial charge is 0.457 e. The molecule has 0 saturated carbocycles. The van der Waals surface area contributed by atoms with E-state index in [1.807, 2.05) is 0 Å². The molecule has 138 valence electrons. The fourth-order valence-corrected chi connectivity index (χ4v) is 2.79. The summed E-state index contributed by atoms with van der Waals surface area (Å²) in [6, 6.07) is 16.6. The van der Waals surface area contributed by atoms with Crippen LogP contribution in [-0.4, -0.2) is 17.7 Å². The highest BCUT2D eigenvalue weighted by Gasteiger charge is 2.26. The van der Waals surface area contributed by atoms with Crippen molar-refractivity contribution in [3.05, 3.63) is 89.2 Å². The monoisotopic (exact) mass is 376 g/mol. The topological polar surface area (TPSA) is 84.5 Å². The van der Waals surface area contributed by atoms with Gasteiger partial charge in [0.25, 0.3) is 17.7 Å². The molecule has 1 heterocycles. The minimum atomic E-state index is -0.485. The number of carbonyl (C=O) groups is 3. The van der Waals surface area contributed by atoms with E-state index in [0.29, 0.717) is 22.7 Å². The van der Waals surface area contributed by atoms with Crippen molar-refractivity contribution >= 4 is 23.4 Å². The molecule has 1 aliphatic heterocycles. The first kappa shape index (κ1) is 17.4. The molecule has 28 heavy (non-hydrogen) atoms. The van der Waals surface area contributed by atoms with Crippen LogP contribution in [0.1, 0.15) is 31.1 Å². The summed E-state index contributed by atoms with van der Waals surface area (Å²) in [7, 11) is 0. The Kier molecular flexibility index (Phi) is 4.33. The van der Waals surface area contributed by atoms with Crippen LogP contribution in [0.25, 0.3) is 0 Å². The molecule has 0 unspecified atom stereocenters. The lowest BCUT2D eigenvalue weighted by atomic mass is 10.1. The molecular weight excluding hydrogens is 363 g/mol. The maximum atomic E-state index is 13.2. The number of ether oxygens (including phenoxy) is 1. The molecule has 0 bridgehead atoms. The van der Waals surface area contributed by atoms with E-state index in [4.69, 9.17) is 4.74 Å². The van der Waals surface area contributed by atoms with Crippen LogP contribution in [-0.2, 0) is 0 Å². The SMILES string of the molecule is O=C(Nc1ccc(Oc2ccc3c(c2)C(=O)NC3=O)cc1)c1cccc(F)c1. The fourth-order valence-electron chi connectivity index (χ4n) is 2.79. The summed E-state index contributed by atoms with van der Waals surface area (Å²) in [6.45, 7) is 0. The van der Waals surface area contributed by atoms with Gasteiger partial charge in [-0.25, -0.2) is 4.39 Å². The highest BCUT2D eigenvalue weighted by atomic mass is 19.1. The zero-order valence-electron chi connectivity index (χ0n) is 14.4. The van der Waals surface area contributed by atoms with Crippen LogP contribution in [0.15, 0.2) is 66.7 Å². The van der Waals surface area contributed by atoms with Gasteiger partial charge in [0, 0.05) is 11.3 Å². The first-order valence-electron chi connectivity index (χ1n) is 8.34. The molecular formula is C21H13FN2O4. The minimum absolute atomic E-state index is 0.214. The smallest absolute Gasteiger partial charge is 0.259 e. The van der Waals surface area contributed by atoms with Crippen LogP contribution in [0.2, 0.25) is 0 Å². The van der Waals surface area contributed by atoms with Gasteiger partial charge < -0.3 is 10.1 Å². The van der Waals surface area contributed by atoms with Gasteiger partial charge in [-0.15, -0.1) is 0 Å². The zero-order valence-corrected chi connectivity index (χ0v) is 14.4. The number of anilines is 1. The highest BCUT2D eigenvalue weighted by Crippen LogP contribution is 2.27. The van der Waals surface area contributed by atoms with E-state index >= 15 is 0 Å². The molecule has 1 aliphatic rings. The summed E-state index contributed by atoms with van der Waals surface area (Å²) < 4.78 is 18.9. The van der Waals surface area contributed by atoms with Crippen molar-refractivity contribution < 1.29 is 23.5 Å². The van der Waals surface area contributed by atoms with E-state index in [1.165, 1.54) is 30.3 Å². The molecule has 3 amide bonds. The molecule has 0 atom stereocenters. The number of benzene rings is 3. The molecule has 0 aliphatic carbocycles. The van der Waals surface area contributed by atoms with Crippen molar-refractivity contribution in [3.63, 3.8) is 0 Å². The molecule has 4 rings (SSSR count). The first-order chi connectivity index (χ1) is 13.5. The Morgan fingerprint density at radius 3 is 2.32 bits per heavy atom. The summed E-state index contributed by atoms with van der Waals surface area (Å²) in [4.78, 5) is 35.4. The fraction of sp³-hybridized carbons (Fsp3) is 0. The molecule has 0 saturated heterocycles. The van der Waals surface area contributed by atoms with Crippen molar-refractivity contribution in [2.24, 2.45) is 0 Å². The minimum Gasteiger partial charge on any atom is -0.457 e. The van der Waals surface area contributed by atoms with Gasteiger partial charge in [-0.05, 0) is 60.7 Å². The third kappa shape index (κ3) is 3.45. The van der Waals surface area contributed by atoms with Crippen LogP contribution >= 0.6 is 0 Å². The summed E-state index contributed by atoms with van der Waals surface area (Å²) in [5.74, 6) is -0.914. The van der Waals surface area contributed by atoms with Gasteiger partial charge in [-0.3, -0.25) is 19.7 Å². The Bertz CT molecular complexity index is 1110. The van der Waals surface area contributed by atoms with Crippen LogP contribution in [0.3, 0.4) is 0 Å². The third-order valence-electron chi connectivity index (χ3n) is 4.14. The van der Waals surface area contributed by atoms with Gasteiger partial charge >= 0.3 is 0 Å². The van der Waals surface area contributed by atoms with E-state index in [0.717, 1.165) is 6.07 Å². The number of hydrogen-bond acceptors (Lipinski definition) is 4. The van der Waals surface area contributed by atoms with Crippen molar-refractivity contribution in [2.75, 3.05) is 5.32 Å². The third-order valence-corrected chi connectivity index (χ3v) is 4.14. The second-order valence-electron chi connectivity index (χ2n) is 6.08. The predicted octanol–water partition coefficient (Wildman–Crippen LogP) is 3.75. The maximum absolute atomic E-state index is 13.2. The summed E-state index contributed by atoms with van der Waals surface area (Å²) >= 11 is 0. The van der Waals surface area contributed by atoms with Crippen LogP contribution in [0.5, 0.6) is 11.5 Å². The van der Waals surface area contributed by atoms with Crippen molar-refractivity contribution in [2.45, 2.75) is 0 Å². The van der Waals surface area contributed by atoms with Gasteiger partial charge in [-0.1, -0.05) is 6.07 Å². The van der Waals surface area contributed by atoms with Crippen LogP contribution in [0.4, 0.5) is 10.1 Å². The molecule has 3 aromatic carbocycles. The number of halogens is 1. The Morgan fingerprint density at radius 1 is 0.857 bits per heavy atom. The molecule has 0 radical (unpaired) electrons. The lowest BCUT2D eigenvalue weighted by Crippen LogP contribution is -2.19. The molecule has 6 nitrogen and oxygen atoms in total. The average molecular weight is 376 g/mol. The standard InChI is InChI=1S/C21H13FN2O4/c22-13-3-1-2-12(10-13)19(25)23-14-4-6-15(7-5-14)28-16-8-9-17-18(11-16)21(27)24-20(17)26/h1-11H,(H,23,25)(H,24,26,27). The molecule has 3 aromatic rings. The van der Waals surface area contributed by atoms with Gasteiger partial charge in [0.1, 0.15) is 17.3 Å². The molecule has 7 heteroatoms. The average Bonchev–Trinajstić information content (AvgIpc) is 2.97. The second kappa shape index (κ2) is 6.96. The summed E-state index contributed by atoms with van der Waals surface area (Å²) in [5, 5.41) is 4.89. The predicted molar refractivity (Wildman–Crippen MR) is 99.1 cm³/mol. The molecule has 2 N–H and O–H groups in total. The zero-order chi connectivity index (χ0) is 19.7. The normalized spacial score (nSPS) is 12.3. The Hall–Kier alpha value is -4.00. The van der Waals surface area contributed by atoms with Crippen molar-refractivity contribution in [1.82, 2.24) is 5.32 Å². The molecule has 0 aromatic heterocycles. The number of imide groups is 1. The van der Waals surface area contributed by atoms with Crippen LogP contribution < -0.4 is 15.4 Å².